The molecule has 4 heterocycles. The fourth-order valence-corrected chi connectivity index (χ4v) is 2.57. The van der Waals surface area contributed by atoms with Gasteiger partial charge < -0.3 is 9.84 Å². The Morgan fingerprint density at radius 3 is 2.78 bits per heavy atom. The van der Waals surface area contributed by atoms with Crippen molar-refractivity contribution in [1.82, 2.24) is 30.2 Å². The van der Waals surface area contributed by atoms with Gasteiger partial charge in [0.1, 0.15) is 6.54 Å². The number of nitrogens with one attached hydrogen (secondary N) is 1. The van der Waals surface area contributed by atoms with Crippen molar-refractivity contribution in [3.05, 3.63) is 84.5 Å². The lowest BCUT2D eigenvalue weighted by atomic mass is 10.1. The fraction of sp³-hybridized carbons (Fsp3) is 0.105. The van der Waals surface area contributed by atoms with Gasteiger partial charge in [-0.25, -0.2) is 0 Å². The van der Waals surface area contributed by atoms with E-state index < -0.39 is 0 Å². The summed E-state index contributed by atoms with van der Waals surface area (Å²) in [7, 11) is 0. The van der Waals surface area contributed by atoms with Gasteiger partial charge in [0.15, 0.2) is 11.5 Å². The third-order valence-corrected chi connectivity index (χ3v) is 3.93. The quantitative estimate of drug-likeness (QED) is 0.566. The number of nitrogens with zero attached hydrogens (tertiary/aromatic N) is 5. The van der Waals surface area contributed by atoms with E-state index >= 15 is 0 Å². The molecule has 8 nitrogen and oxygen atoms in total. The number of aromatic nitrogens is 5. The molecule has 0 bridgehead atoms. The van der Waals surface area contributed by atoms with Crippen molar-refractivity contribution in [2.24, 2.45) is 0 Å². The number of hydrogen-bond acceptors (Lipinski definition) is 6. The van der Waals surface area contributed by atoms with Crippen LogP contribution < -0.4 is 5.32 Å². The molecule has 0 saturated carbocycles. The van der Waals surface area contributed by atoms with E-state index in [2.05, 4.69) is 25.5 Å². The van der Waals surface area contributed by atoms with E-state index in [4.69, 9.17) is 4.52 Å². The lowest BCUT2D eigenvalue weighted by Crippen LogP contribution is -2.23. The van der Waals surface area contributed by atoms with Gasteiger partial charge in [-0.3, -0.25) is 19.4 Å². The molecule has 8 heteroatoms. The van der Waals surface area contributed by atoms with Crippen LogP contribution in [0.5, 0.6) is 0 Å². The average molecular weight is 360 g/mol. The monoisotopic (exact) mass is 360 g/mol. The summed E-state index contributed by atoms with van der Waals surface area (Å²) in [4.78, 5) is 20.2. The third-order valence-electron chi connectivity index (χ3n) is 3.93. The second-order valence-corrected chi connectivity index (χ2v) is 5.88. The van der Waals surface area contributed by atoms with Gasteiger partial charge in [0.2, 0.25) is 0 Å². The second-order valence-electron chi connectivity index (χ2n) is 5.88. The lowest BCUT2D eigenvalue weighted by molar-refractivity contribution is 0.0941. The van der Waals surface area contributed by atoms with Gasteiger partial charge in [0, 0.05) is 49.2 Å². The largest absolute Gasteiger partial charge is 0.359 e. The van der Waals surface area contributed by atoms with E-state index in [0.29, 0.717) is 18.8 Å². The zero-order valence-corrected chi connectivity index (χ0v) is 14.3. The molecule has 1 amide bonds. The Morgan fingerprint density at radius 1 is 1.07 bits per heavy atom. The fourth-order valence-electron chi connectivity index (χ4n) is 2.57. The lowest BCUT2D eigenvalue weighted by Gasteiger charge is -2.01. The van der Waals surface area contributed by atoms with Gasteiger partial charge in [-0.15, -0.1) is 0 Å². The van der Waals surface area contributed by atoms with Crippen LogP contribution in [-0.4, -0.2) is 30.8 Å². The molecule has 0 atom stereocenters. The van der Waals surface area contributed by atoms with Crippen LogP contribution in [0.1, 0.15) is 21.8 Å². The van der Waals surface area contributed by atoms with Crippen molar-refractivity contribution in [2.75, 3.05) is 0 Å². The van der Waals surface area contributed by atoms with E-state index in [9.17, 15) is 4.79 Å². The second kappa shape index (κ2) is 7.61. The molecule has 4 aromatic heterocycles. The molecule has 0 aliphatic heterocycles. The van der Waals surface area contributed by atoms with Gasteiger partial charge >= 0.3 is 0 Å². The highest BCUT2D eigenvalue weighted by atomic mass is 16.5. The smallest absolute Gasteiger partial charge is 0.273 e. The number of amides is 1. The zero-order valence-electron chi connectivity index (χ0n) is 14.3. The van der Waals surface area contributed by atoms with Crippen LogP contribution in [0.3, 0.4) is 0 Å². The summed E-state index contributed by atoms with van der Waals surface area (Å²) in [5.41, 5.74) is 3.15. The van der Waals surface area contributed by atoms with Crippen molar-refractivity contribution < 1.29 is 9.32 Å². The Kier molecular flexibility index (Phi) is 4.69. The molecule has 0 aliphatic rings. The molecule has 0 aliphatic carbocycles. The minimum Gasteiger partial charge on any atom is -0.359 e. The minimum atomic E-state index is -0.299. The standard InChI is InChI=1S/C19H16N6O2/c26-19(22-10-14-2-1-5-21-9-14)18-8-17(27-24-18)13-25-12-16(11-23-25)15-3-6-20-7-4-15/h1-9,11-12H,10,13H2,(H,22,26). The van der Waals surface area contributed by atoms with Crippen molar-refractivity contribution in [1.29, 1.82) is 0 Å². The van der Waals surface area contributed by atoms with Gasteiger partial charge in [-0.2, -0.15) is 5.10 Å². The molecular weight excluding hydrogens is 344 g/mol. The molecule has 0 fully saturated rings. The summed E-state index contributed by atoms with van der Waals surface area (Å²) in [6, 6.07) is 9.16. The minimum absolute atomic E-state index is 0.232. The Morgan fingerprint density at radius 2 is 1.96 bits per heavy atom. The first-order valence-electron chi connectivity index (χ1n) is 8.33. The number of pyridine rings is 2. The van der Waals surface area contributed by atoms with Crippen molar-refractivity contribution in [3.8, 4) is 11.1 Å². The molecule has 4 aromatic rings. The summed E-state index contributed by atoms with van der Waals surface area (Å²) in [6.45, 7) is 0.761. The van der Waals surface area contributed by atoms with Crippen LogP contribution in [0, 0.1) is 0 Å². The molecule has 0 saturated heterocycles. The molecule has 27 heavy (non-hydrogen) atoms. The van der Waals surface area contributed by atoms with Crippen LogP contribution in [0.15, 0.2) is 72.0 Å². The Bertz CT molecular complexity index is 1030. The van der Waals surface area contributed by atoms with Gasteiger partial charge in [-0.1, -0.05) is 11.2 Å². The zero-order chi connectivity index (χ0) is 18.5. The average Bonchev–Trinajstić information content (AvgIpc) is 3.38. The number of carbonyl (C=O) groups excluding carboxylic acids is 1. The number of rotatable bonds is 6. The van der Waals surface area contributed by atoms with Crippen LogP contribution in [0.4, 0.5) is 0 Å². The molecule has 4 rings (SSSR count). The molecular formula is C19H16N6O2. The van der Waals surface area contributed by atoms with Crippen LogP contribution in [0.25, 0.3) is 11.1 Å². The maximum atomic E-state index is 12.2. The van der Waals surface area contributed by atoms with E-state index in [-0.39, 0.29) is 11.6 Å². The summed E-state index contributed by atoms with van der Waals surface area (Å²) < 4.78 is 6.99. The summed E-state index contributed by atoms with van der Waals surface area (Å²) >= 11 is 0. The molecule has 0 unspecified atom stereocenters. The van der Waals surface area contributed by atoms with Crippen molar-refractivity contribution in [2.45, 2.75) is 13.1 Å². The van der Waals surface area contributed by atoms with E-state index in [0.717, 1.165) is 16.7 Å². The summed E-state index contributed by atoms with van der Waals surface area (Å²) in [6.07, 6.45) is 10.5. The first-order chi connectivity index (χ1) is 13.3. The summed E-state index contributed by atoms with van der Waals surface area (Å²) in [5.74, 6) is 0.248. The third kappa shape index (κ3) is 4.06. The predicted molar refractivity (Wildman–Crippen MR) is 96.5 cm³/mol. The molecule has 0 radical (unpaired) electrons. The highest BCUT2D eigenvalue weighted by Gasteiger charge is 2.13. The van der Waals surface area contributed by atoms with E-state index in [1.54, 1.807) is 41.7 Å². The van der Waals surface area contributed by atoms with Crippen LogP contribution in [0.2, 0.25) is 0 Å². The molecule has 1 N–H and O–H groups in total. The Labute approximate surface area is 154 Å². The SMILES string of the molecule is O=C(NCc1cccnc1)c1cc(Cn2cc(-c3ccncc3)cn2)on1. The van der Waals surface area contributed by atoms with Gasteiger partial charge in [0.25, 0.3) is 5.91 Å². The summed E-state index contributed by atoms with van der Waals surface area (Å²) in [5, 5.41) is 10.9. The molecule has 134 valence electrons. The number of hydrogen-bond donors (Lipinski definition) is 1. The normalized spacial score (nSPS) is 10.7. The first kappa shape index (κ1) is 16.6. The van der Waals surface area contributed by atoms with Crippen molar-refractivity contribution >= 4 is 5.91 Å². The molecule has 0 spiro atoms. The van der Waals surface area contributed by atoms with Crippen LogP contribution in [-0.2, 0) is 13.1 Å². The van der Waals surface area contributed by atoms with Gasteiger partial charge in [-0.05, 0) is 29.3 Å². The Hall–Kier alpha value is -3.81. The maximum Gasteiger partial charge on any atom is 0.273 e. The van der Waals surface area contributed by atoms with E-state index in [1.807, 2.05) is 30.5 Å². The van der Waals surface area contributed by atoms with Crippen molar-refractivity contribution in [3.63, 3.8) is 0 Å². The molecule has 0 aromatic carbocycles. The maximum absolute atomic E-state index is 12.2. The highest BCUT2D eigenvalue weighted by Crippen LogP contribution is 2.17. The van der Waals surface area contributed by atoms with Gasteiger partial charge in [0.05, 0.1) is 6.20 Å². The topological polar surface area (TPSA) is 98.7 Å². The van der Waals surface area contributed by atoms with E-state index in [1.165, 1.54) is 0 Å². The Balaban J connectivity index is 1.38. The first-order valence-corrected chi connectivity index (χ1v) is 8.33. The highest BCUT2D eigenvalue weighted by molar-refractivity contribution is 5.92. The predicted octanol–water partition coefficient (Wildman–Crippen LogP) is 2.31. The number of carbonyl (C=O) groups is 1. The van der Waals surface area contributed by atoms with Crippen LogP contribution >= 0.6 is 0 Å².